The van der Waals surface area contributed by atoms with Crippen LogP contribution in [0.1, 0.15) is 11.3 Å². The maximum Gasteiger partial charge on any atom is 0.0974 e. The number of rotatable bonds is 2. The fourth-order valence-corrected chi connectivity index (χ4v) is 1.74. The van der Waals surface area contributed by atoms with E-state index >= 15 is 0 Å². The molecule has 0 bridgehead atoms. The highest BCUT2D eigenvalue weighted by atomic mass is 16.3. The van der Waals surface area contributed by atoms with Gasteiger partial charge in [0.1, 0.15) is 0 Å². The summed E-state index contributed by atoms with van der Waals surface area (Å²) in [6, 6.07) is 12.3. The number of H-pyrrole nitrogens is 1. The second-order valence-electron chi connectivity index (χ2n) is 3.70. The molecule has 0 spiro atoms. The van der Waals surface area contributed by atoms with Crippen LogP contribution in [0.2, 0.25) is 0 Å². The van der Waals surface area contributed by atoms with E-state index in [0.29, 0.717) is 0 Å². The third-order valence-electron chi connectivity index (χ3n) is 2.55. The van der Waals surface area contributed by atoms with Crippen molar-refractivity contribution in [2.75, 3.05) is 0 Å². The van der Waals surface area contributed by atoms with Crippen molar-refractivity contribution >= 4 is 23.1 Å². The van der Waals surface area contributed by atoms with Gasteiger partial charge in [0.2, 0.25) is 0 Å². The maximum absolute atomic E-state index is 5.00. The van der Waals surface area contributed by atoms with Gasteiger partial charge in [-0.25, -0.2) is 0 Å². The molecule has 16 heavy (non-hydrogen) atoms. The smallest absolute Gasteiger partial charge is 0.0974 e. The predicted octanol–water partition coefficient (Wildman–Crippen LogP) is 3.93. The van der Waals surface area contributed by atoms with Gasteiger partial charge in [0.05, 0.1) is 12.5 Å². The predicted molar refractivity (Wildman–Crippen MR) is 65.9 cm³/mol. The lowest BCUT2D eigenvalue weighted by molar-refractivity contribution is 0.567. The fourth-order valence-electron chi connectivity index (χ4n) is 1.74. The molecule has 3 rings (SSSR count). The first kappa shape index (κ1) is 9.04. The summed E-state index contributed by atoms with van der Waals surface area (Å²) >= 11 is 0. The van der Waals surface area contributed by atoms with Gasteiger partial charge in [0.25, 0.3) is 0 Å². The van der Waals surface area contributed by atoms with E-state index in [1.165, 1.54) is 5.39 Å². The minimum absolute atomic E-state index is 1.07. The summed E-state index contributed by atoms with van der Waals surface area (Å²) in [4.78, 5) is 3.34. The van der Waals surface area contributed by atoms with Crippen molar-refractivity contribution in [1.29, 1.82) is 0 Å². The zero-order valence-corrected chi connectivity index (χ0v) is 8.68. The first-order chi connectivity index (χ1) is 7.92. The maximum atomic E-state index is 5.00. The fraction of sp³-hybridized carbons (Fsp3) is 0. The molecule has 3 aromatic rings. The minimum atomic E-state index is 1.07. The third kappa shape index (κ3) is 1.65. The highest BCUT2D eigenvalue weighted by molar-refractivity contribution is 5.84. The largest absolute Gasteiger partial charge is 0.472 e. The molecule has 2 heterocycles. The molecular weight excluding hydrogens is 198 g/mol. The number of hydrogen-bond acceptors (Lipinski definition) is 1. The monoisotopic (exact) mass is 209 g/mol. The lowest BCUT2D eigenvalue weighted by atomic mass is 10.2. The molecule has 0 saturated heterocycles. The Balaban J connectivity index is 1.95. The van der Waals surface area contributed by atoms with Crippen LogP contribution in [-0.4, -0.2) is 4.98 Å². The molecule has 0 fully saturated rings. The van der Waals surface area contributed by atoms with E-state index in [0.717, 1.165) is 16.8 Å². The molecule has 78 valence electrons. The van der Waals surface area contributed by atoms with Crippen LogP contribution >= 0.6 is 0 Å². The summed E-state index contributed by atoms with van der Waals surface area (Å²) in [5, 5.41) is 1.23. The van der Waals surface area contributed by atoms with Gasteiger partial charge in [-0.3, -0.25) is 0 Å². The summed E-state index contributed by atoms with van der Waals surface area (Å²) < 4.78 is 5.00. The minimum Gasteiger partial charge on any atom is -0.472 e. The summed E-state index contributed by atoms with van der Waals surface area (Å²) in [6.45, 7) is 0. The Morgan fingerprint density at radius 1 is 1.06 bits per heavy atom. The highest BCUT2D eigenvalue weighted by Gasteiger charge is 1.96. The molecule has 0 amide bonds. The first-order valence-corrected chi connectivity index (χ1v) is 5.20. The van der Waals surface area contributed by atoms with E-state index in [1.54, 1.807) is 12.5 Å². The lowest BCUT2D eigenvalue weighted by Crippen LogP contribution is -1.68. The van der Waals surface area contributed by atoms with Crippen molar-refractivity contribution in [1.82, 2.24) is 4.98 Å². The molecule has 1 aromatic carbocycles. The molecule has 2 heteroatoms. The molecule has 0 atom stereocenters. The van der Waals surface area contributed by atoms with Crippen LogP contribution in [0.25, 0.3) is 23.1 Å². The van der Waals surface area contributed by atoms with Crippen molar-refractivity contribution in [3.8, 4) is 0 Å². The number of fused-ring (bicyclic) bond motifs is 1. The van der Waals surface area contributed by atoms with E-state index < -0.39 is 0 Å². The second kappa shape index (κ2) is 3.74. The molecule has 0 unspecified atom stereocenters. The van der Waals surface area contributed by atoms with Crippen LogP contribution in [0.15, 0.2) is 53.3 Å². The number of benzene rings is 1. The standard InChI is InChI=1S/C14H11NO/c1-2-4-14-12(3-1)9-13(15-14)6-5-11-7-8-16-10-11/h1-10,15H/b6-5+. The van der Waals surface area contributed by atoms with Gasteiger partial charge in [0, 0.05) is 16.8 Å². The molecular formula is C14H11NO. The Bertz CT molecular complexity index is 584. The average Bonchev–Trinajstić information content (AvgIpc) is 2.95. The summed E-state index contributed by atoms with van der Waals surface area (Å²) in [7, 11) is 0. The summed E-state index contributed by atoms with van der Waals surface area (Å²) in [5.74, 6) is 0. The zero-order valence-electron chi connectivity index (χ0n) is 8.68. The van der Waals surface area contributed by atoms with Crippen LogP contribution in [0.4, 0.5) is 0 Å². The zero-order chi connectivity index (χ0) is 10.8. The summed E-state index contributed by atoms with van der Waals surface area (Å²) in [5.41, 5.74) is 3.33. The van der Waals surface area contributed by atoms with Gasteiger partial charge in [0.15, 0.2) is 0 Å². The number of para-hydroxylation sites is 1. The van der Waals surface area contributed by atoms with Gasteiger partial charge in [-0.1, -0.05) is 18.2 Å². The Morgan fingerprint density at radius 3 is 2.81 bits per heavy atom. The molecule has 2 nitrogen and oxygen atoms in total. The Morgan fingerprint density at radius 2 is 2.00 bits per heavy atom. The van der Waals surface area contributed by atoms with Gasteiger partial charge in [-0.05, 0) is 35.7 Å². The topological polar surface area (TPSA) is 28.9 Å². The van der Waals surface area contributed by atoms with E-state index in [4.69, 9.17) is 4.42 Å². The SMILES string of the molecule is C(=C\c1cc2ccccc2[nH]1)/c1ccoc1. The Hall–Kier alpha value is -2.22. The second-order valence-corrected chi connectivity index (χ2v) is 3.70. The van der Waals surface area contributed by atoms with Crippen LogP contribution in [0.3, 0.4) is 0 Å². The van der Waals surface area contributed by atoms with Crippen molar-refractivity contribution in [3.05, 3.63) is 60.2 Å². The van der Waals surface area contributed by atoms with Crippen molar-refractivity contribution in [2.24, 2.45) is 0 Å². The molecule has 0 radical (unpaired) electrons. The summed E-state index contributed by atoms with van der Waals surface area (Å²) in [6.07, 6.45) is 7.46. The average molecular weight is 209 g/mol. The van der Waals surface area contributed by atoms with Gasteiger partial charge in [-0.2, -0.15) is 0 Å². The van der Waals surface area contributed by atoms with Crippen LogP contribution < -0.4 is 0 Å². The first-order valence-electron chi connectivity index (χ1n) is 5.20. The van der Waals surface area contributed by atoms with Crippen molar-refractivity contribution < 1.29 is 4.42 Å². The van der Waals surface area contributed by atoms with Gasteiger partial charge >= 0.3 is 0 Å². The number of nitrogens with one attached hydrogen (secondary N) is 1. The van der Waals surface area contributed by atoms with E-state index in [9.17, 15) is 0 Å². The highest BCUT2D eigenvalue weighted by Crippen LogP contribution is 2.16. The lowest BCUT2D eigenvalue weighted by Gasteiger charge is -1.85. The third-order valence-corrected chi connectivity index (χ3v) is 2.55. The molecule has 2 aromatic heterocycles. The van der Waals surface area contributed by atoms with Gasteiger partial charge < -0.3 is 9.40 Å². The van der Waals surface area contributed by atoms with Crippen molar-refractivity contribution in [2.45, 2.75) is 0 Å². The van der Waals surface area contributed by atoms with Crippen LogP contribution in [0, 0.1) is 0 Å². The van der Waals surface area contributed by atoms with Crippen molar-refractivity contribution in [3.63, 3.8) is 0 Å². The normalized spacial score (nSPS) is 11.5. The van der Waals surface area contributed by atoms with Crippen LogP contribution in [-0.2, 0) is 0 Å². The molecule has 0 aliphatic carbocycles. The number of hydrogen-bond donors (Lipinski definition) is 1. The number of furan rings is 1. The number of aromatic nitrogens is 1. The Kier molecular flexibility index (Phi) is 2.11. The van der Waals surface area contributed by atoms with Crippen LogP contribution in [0.5, 0.6) is 0 Å². The van der Waals surface area contributed by atoms with E-state index in [2.05, 4.69) is 23.2 Å². The number of aromatic amines is 1. The molecule has 0 saturated carbocycles. The van der Waals surface area contributed by atoms with E-state index in [1.807, 2.05) is 30.4 Å². The van der Waals surface area contributed by atoms with E-state index in [-0.39, 0.29) is 0 Å². The quantitative estimate of drug-likeness (QED) is 0.680. The Labute approximate surface area is 93.2 Å². The molecule has 0 aliphatic heterocycles. The molecule has 1 N–H and O–H groups in total. The van der Waals surface area contributed by atoms with Gasteiger partial charge in [-0.15, -0.1) is 0 Å². The molecule has 0 aliphatic rings.